The van der Waals surface area contributed by atoms with Gasteiger partial charge in [-0.05, 0) is 38.5 Å². The van der Waals surface area contributed by atoms with E-state index < -0.39 is 0 Å². The van der Waals surface area contributed by atoms with Crippen LogP contribution >= 0.6 is 11.6 Å². The lowest BCUT2D eigenvalue weighted by molar-refractivity contribution is 0.112. The number of hydrogen-bond acceptors (Lipinski definition) is 3. The summed E-state index contributed by atoms with van der Waals surface area (Å²) >= 11 is 6.01. The van der Waals surface area contributed by atoms with Crippen molar-refractivity contribution in [3.63, 3.8) is 0 Å². The summed E-state index contributed by atoms with van der Waals surface area (Å²) in [5.74, 6) is 0. The first-order valence-corrected chi connectivity index (χ1v) is 6.10. The van der Waals surface area contributed by atoms with Crippen LogP contribution in [0.1, 0.15) is 30.6 Å². The molecule has 0 radical (unpaired) electrons. The van der Waals surface area contributed by atoms with Crippen molar-refractivity contribution in [3.05, 3.63) is 28.8 Å². The Morgan fingerprint density at radius 3 is 2.65 bits per heavy atom. The van der Waals surface area contributed by atoms with Gasteiger partial charge in [0.2, 0.25) is 0 Å². The lowest BCUT2D eigenvalue weighted by atomic mass is 10.1. The molecule has 1 N–H and O–H groups in total. The minimum absolute atomic E-state index is 0.170. The number of aliphatic hydroxyl groups is 1. The van der Waals surface area contributed by atoms with Crippen LogP contribution in [0.3, 0.4) is 0 Å². The van der Waals surface area contributed by atoms with Crippen molar-refractivity contribution in [1.29, 1.82) is 0 Å². The van der Waals surface area contributed by atoms with Crippen molar-refractivity contribution in [1.82, 2.24) is 0 Å². The predicted molar refractivity (Wildman–Crippen MR) is 71.0 cm³/mol. The molecule has 3 nitrogen and oxygen atoms in total. The smallest absolute Gasteiger partial charge is 0.151 e. The van der Waals surface area contributed by atoms with E-state index >= 15 is 0 Å². The fourth-order valence-corrected chi connectivity index (χ4v) is 1.94. The molecule has 0 saturated heterocycles. The summed E-state index contributed by atoms with van der Waals surface area (Å²) in [4.78, 5) is 12.8. The molecule has 0 aromatic heterocycles. The van der Waals surface area contributed by atoms with Gasteiger partial charge >= 0.3 is 0 Å². The normalized spacial score (nSPS) is 10.6. The number of carbonyl (C=O) groups excluding carboxylic acids is 1. The van der Waals surface area contributed by atoms with Crippen LogP contribution in [0, 0.1) is 0 Å². The van der Waals surface area contributed by atoms with Crippen molar-refractivity contribution in [3.8, 4) is 0 Å². The van der Waals surface area contributed by atoms with Gasteiger partial charge in [-0.1, -0.05) is 11.6 Å². The number of halogens is 1. The Bertz CT molecular complexity index is 380. The van der Waals surface area contributed by atoms with Gasteiger partial charge in [0, 0.05) is 30.4 Å². The third-order valence-electron chi connectivity index (χ3n) is 2.62. The fourth-order valence-electron chi connectivity index (χ4n) is 1.72. The number of aliphatic hydroxyl groups excluding tert-OH is 1. The Hall–Kier alpha value is -1.06. The van der Waals surface area contributed by atoms with Crippen molar-refractivity contribution in [2.24, 2.45) is 0 Å². The van der Waals surface area contributed by atoms with E-state index in [0.29, 0.717) is 23.0 Å². The van der Waals surface area contributed by atoms with E-state index in [1.807, 2.05) is 6.07 Å². The van der Waals surface area contributed by atoms with Crippen molar-refractivity contribution in [2.75, 3.05) is 18.1 Å². The van der Waals surface area contributed by atoms with Gasteiger partial charge in [-0.3, -0.25) is 4.79 Å². The maximum Gasteiger partial charge on any atom is 0.151 e. The van der Waals surface area contributed by atoms with Crippen LogP contribution in [0.15, 0.2) is 18.2 Å². The Balaban J connectivity index is 2.94. The highest BCUT2D eigenvalue weighted by atomic mass is 35.5. The van der Waals surface area contributed by atoms with Gasteiger partial charge in [-0.15, -0.1) is 0 Å². The number of benzene rings is 1. The first kappa shape index (κ1) is 14.0. The molecule has 0 bridgehead atoms. The topological polar surface area (TPSA) is 40.5 Å². The molecular weight excluding hydrogens is 238 g/mol. The SMILES string of the molecule is CC(C)N(CCCO)c1ccc(C=O)c(Cl)c1. The molecule has 0 fully saturated rings. The molecule has 0 unspecified atom stereocenters. The van der Waals surface area contributed by atoms with Crippen LogP contribution in [-0.4, -0.2) is 30.6 Å². The van der Waals surface area contributed by atoms with Gasteiger partial charge in [-0.2, -0.15) is 0 Å². The number of hydrogen-bond donors (Lipinski definition) is 1. The van der Waals surface area contributed by atoms with Crippen LogP contribution in [0.2, 0.25) is 5.02 Å². The zero-order valence-electron chi connectivity index (χ0n) is 10.2. The van der Waals surface area contributed by atoms with Crippen LogP contribution in [0.5, 0.6) is 0 Å². The lowest BCUT2D eigenvalue weighted by Gasteiger charge is -2.29. The number of rotatable bonds is 6. The lowest BCUT2D eigenvalue weighted by Crippen LogP contribution is -2.32. The Kier molecular flexibility index (Phi) is 5.45. The van der Waals surface area contributed by atoms with E-state index in [0.717, 1.165) is 18.5 Å². The van der Waals surface area contributed by atoms with Gasteiger partial charge in [-0.25, -0.2) is 0 Å². The molecule has 0 aliphatic carbocycles. The first-order chi connectivity index (χ1) is 8.10. The third kappa shape index (κ3) is 3.72. The van der Waals surface area contributed by atoms with Gasteiger partial charge in [0.05, 0.1) is 5.02 Å². The van der Waals surface area contributed by atoms with E-state index in [-0.39, 0.29) is 6.61 Å². The van der Waals surface area contributed by atoms with E-state index in [1.54, 1.807) is 12.1 Å². The van der Waals surface area contributed by atoms with Crippen LogP contribution < -0.4 is 4.90 Å². The van der Waals surface area contributed by atoms with Gasteiger partial charge in [0.25, 0.3) is 0 Å². The maximum atomic E-state index is 10.7. The fraction of sp³-hybridized carbons (Fsp3) is 0.462. The van der Waals surface area contributed by atoms with E-state index in [4.69, 9.17) is 16.7 Å². The molecule has 1 rings (SSSR count). The van der Waals surface area contributed by atoms with E-state index in [2.05, 4.69) is 18.7 Å². The molecule has 94 valence electrons. The highest BCUT2D eigenvalue weighted by molar-refractivity contribution is 6.33. The Morgan fingerprint density at radius 1 is 1.47 bits per heavy atom. The zero-order chi connectivity index (χ0) is 12.8. The second kappa shape index (κ2) is 6.62. The zero-order valence-corrected chi connectivity index (χ0v) is 10.9. The third-order valence-corrected chi connectivity index (χ3v) is 2.95. The average molecular weight is 256 g/mol. The molecule has 0 spiro atoms. The predicted octanol–water partition coefficient (Wildman–Crippen LogP) is 2.75. The summed E-state index contributed by atoms with van der Waals surface area (Å²) in [6.07, 6.45) is 1.46. The molecule has 4 heteroatoms. The molecule has 17 heavy (non-hydrogen) atoms. The summed E-state index contributed by atoms with van der Waals surface area (Å²) in [6.45, 7) is 5.10. The molecule has 0 amide bonds. The summed E-state index contributed by atoms with van der Waals surface area (Å²) in [7, 11) is 0. The average Bonchev–Trinajstić information content (AvgIpc) is 2.29. The van der Waals surface area contributed by atoms with Gasteiger partial charge in [0.1, 0.15) is 0 Å². The van der Waals surface area contributed by atoms with E-state index in [9.17, 15) is 4.79 Å². The highest BCUT2D eigenvalue weighted by Gasteiger charge is 2.11. The maximum absolute atomic E-state index is 10.7. The molecule has 1 aromatic carbocycles. The van der Waals surface area contributed by atoms with Crippen molar-refractivity contribution < 1.29 is 9.90 Å². The second-order valence-electron chi connectivity index (χ2n) is 4.19. The first-order valence-electron chi connectivity index (χ1n) is 5.72. The highest BCUT2D eigenvalue weighted by Crippen LogP contribution is 2.24. The quantitative estimate of drug-likeness (QED) is 0.795. The van der Waals surface area contributed by atoms with Crippen LogP contribution in [0.4, 0.5) is 5.69 Å². The Morgan fingerprint density at radius 2 is 2.18 bits per heavy atom. The largest absolute Gasteiger partial charge is 0.396 e. The molecule has 0 atom stereocenters. The van der Waals surface area contributed by atoms with Crippen molar-refractivity contribution in [2.45, 2.75) is 26.3 Å². The summed E-state index contributed by atoms with van der Waals surface area (Å²) < 4.78 is 0. The molecule has 0 aliphatic rings. The van der Waals surface area contributed by atoms with Crippen LogP contribution in [-0.2, 0) is 0 Å². The van der Waals surface area contributed by atoms with Gasteiger partial charge < -0.3 is 10.0 Å². The van der Waals surface area contributed by atoms with Crippen LogP contribution in [0.25, 0.3) is 0 Å². The number of anilines is 1. The monoisotopic (exact) mass is 255 g/mol. The number of nitrogens with zero attached hydrogens (tertiary/aromatic N) is 1. The number of aldehydes is 1. The summed E-state index contributed by atoms with van der Waals surface area (Å²) in [6, 6.07) is 5.72. The second-order valence-corrected chi connectivity index (χ2v) is 4.60. The minimum Gasteiger partial charge on any atom is -0.396 e. The van der Waals surface area contributed by atoms with Crippen molar-refractivity contribution >= 4 is 23.6 Å². The van der Waals surface area contributed by atoms with Gasteiger partial charge in [0.15, 0.2) is 6.29 Å². The molecule has 1 aromatic rings. The van der Waals surface area contributed by atoms with E-state index in [1.165, 1.54) is 0 Å². The molecule has 0 aliphatic heterocycles. The minimum atomic E-state index is 0.170. The Labute approximate surface area is 107 Å². The standard InChI is InChI=1S/C13H18ClNO2/c1-10(2)15(6-3-7-16)12-5-4-11(9-17)13(14)8-12/h4-5,8-10,16H,3,6-7H2,1-2H3. The molecule has 0 heterocycles. The summed E-state index contributed by atoms with van der Waals surface area (Å²) in [5.41, 5.74) is 1.48. The molecule has 0 saturated carbocycles. The molecular formula is C13H18ClNO2. The number of carbonyl (C=O) groups is 1. The summed E-state index contributed by atoms with van der Waals surface area (Å²) in [5, 5.41) is 9.35.